The monoisotopic (exact) mass is 198 g/mol. The van der Waals surface area contributed by atoms with Crippen molar-refractivity contribution in [2.24, 2.45) is 0 Å². The van der Waals surface area contributed by atoms with E-state index in [-0.39, 0.29) is 17.9 Å². The number of rotatable bonds is 3. The summed E-state index contributed by atoms with van der Waals surface area (Å²) < 4.78 is 4.92. The van der Waals surface area contributed by atoms with Crippen molar-refractivity contribution in [3.8, 4) is 17.2 Å². The molecule has 0 atom stereocenters. The van der Waals surface area contributed by atoms with Crippen LogP contribution in [0.4, 0.5) is 0 Å². The summed E-state index contributed by atoms with van der Waals surface area (Å²) in [5, 5.41) is 27.2. The summed E-state index contributed by atoms with van der Waals surface area (Å²) in [4.78, 5) is 10.7. The zero-order chi connectivity index (χ0) is 10.7. The van der Waals surface area contributed by atoms with E-state index in [1.54, 1.807) is 6.92 Å². The minimum absolute atomic E-state index is 0.179. The maximum atomic E-state index is 10.7. The largest absolute Gasteiger partial charge is 0.504 e. The van der Waals surface area contributed by atoms with Crippen molar-refractivity contribution >= 4 is 5.97 Å². The van der Waals surface area contributed by atoms with Crippen LogP contribution in [-0.4, -0.2) is 27.9 Å². The lowest BCUT2D eigenvalue weighted by Gasteiger charge is -2.09. The molecule has 0 fully saturated rings. The first kappa shape index (κ1) is 10.2. The highest BCUT2D eigenvalue weighted by Crippen LogP contribution is 2.38. The van der Waals surface area contributed by atoms with Gasteiger partial charge in [-0.15, -0.1) is 0 Å². The Labute approximate surface area is 80.2 Å². The molecule has 0 heterocycles. The second-order valence-corrected chi connectivity index (χ2v) is 2.55. The van der Waals surface area contributed by atoms with E-state index in [4.69, 9.17) is 14.9 Å². The van der Waals surface area contributed by atoms with Crippen LogP contribution in [0.25, 0.3) is 0 Å². The van der Waals surface area contributed by atoms with Crippen LogP contribution in [0.1, 0.15) is 17.3 Å². The van der Waals surface area contributed by atoms with Crippen LogP contribution in [0.15, 0.2) is 12.1 Å². The number of hydrogen-bond acceptors (Lipinski definition) is 4. The third-order valence-electron chi connectivity index (χ3n) is 1.63. The molecule has 0 aromatic heterocycles. The molecule has 0 bridgehead atoms. The quantitative estimate of drug-likeness (QED) is 0.635. The number of benzene rings is 1. The Hall–Kier alpha value is -1.91. The summed E-state index contributed by atoms with van der Waals surface area (Å²) in [6, 6.07) is 2.27. The van der Waals surface area contributed by atoms with Gasteiger partial charge >= 0.3 is 5.97 Å². The number of aromatic hydroxyl groups is 2. The van der Waals surface area contributed by atoms with Gasteiger partial charge in [-0.3, -0.25) is 0 Å². The molecule has 1 aromatic rings. The average molecular weight is 198 g/mol. The Morgan fingerprint density at radius 3 is 2.57 bits per heavy atom. The summed E-state index contributed by atoms with van der Waals surface area (Å²) in [7, 11) is 0. The normalized spacial score (nSPS) is 9.79. The van der Waals surface area contributed by atoms with Gasteiger partial charge in [0.2, 0.25) is 5.75 Å². The van der Waals surface area contributed by atoms with Crippen molar-refractivity contribution < 1.29 is 24.9 Å². The number of ether oxygens (including phenoxy) is 1. The van der Waals surface area contributed by atoms with E-state index in [1.165, 1.54) is 6.07 Å². The van der Waals surface area contributed by atoms with Crippen LogP contribution in [0.2, 0.25) is 0 Å². The lowest BCUT2D eigenvalue weighted by atomic mass is 10.1. The predicted molar refractivity (Wildman–Crippen MR) is 47.9 cm³/mol. The molecule has 0 saturated heterocycles. The van der Waals surface area contributed by atoms with Crippen molar-refractivity contribution in [1.29, 1.82) is 0 Å². The molecule has 0 spiro atoms. The lowest BCUT2D eigenvalue weighted by Crippen LogP contribution is -2.02. The second-order valence-electron chi connectivity index (χ2n) is 2.55. The maximum Gasteiger partial charge on any atom is 0.339 e. The van der Waals surface area contributed by atoms with E-state index in [9.17, 15) is 9.90 Å². The molecule has 5 heteroatoms. The van der Waals surface area contributed by atoms with E-state index in [2.05, 4.69) is 0 Å². The lowest BCUT2D eigenvalue weighted by molar-refractivity contribution is 0.0691. The molecule has 0 unspecified atom stereocenters. The average Bonchev–Trinajstić information content (AvgIpc) is 2.13. The standard InChI is InChI=1S/C9H10O5/c1-2-14-8-5(9(12)13)3-4-6(10)7(8)11/h3-4,10-11H,2H2,1H3,(H,12,13). The number of carboxylic acid groups (broad SMARTS) is 1. The fourth-order valence-electron chi connectivity index (χ4n) is 1.02. The Morgan fingerprint density at radius 1 is 1.43 bits per heavy atom. The van der Waals surface area contributed by atoms with Gasteiger partial charge in [0.05, 0.1) is 6.61 Å². The van der Waals surface area contributed by atoms with Crippen LogP contribution in [0.3, 0.4) is 0 Å². The fourth-order valence-corrected chi connectivity index (χ4v) is 1.02. The smallest absolute Gasteiger partial charge is 0.339 e. The van der Waals surface area contributed by atoms with Gasteiger partial charge in [-0.1, -0.05) is 0 Å². The van der Waals surface area contributed by atoms with Gasteiger partial charge in [-0.25, -0.2) is 4.79 Å². The van der Waals surface area contributed by atoms with Crippen LogP contribution in [0.5, 0.6) is 17.2 Å². The van der Waals surface area contributed by atoms with E-state index in [1.807, 2.05) is 0 Å². The topological polar surface area (TPSA) is 87.0 Å². The first-order chi connectivity index (χ1) is 6.57. The van der Waals surface area contributed by atoms with Crippen LogP contribution in [0, 0.1) is 0 Å². The fraction of sp³-hybridized carbons (Fsp3) is 0.222. The first-order valence-corrected chi connectivity index (χ1v) is 3.99. The van der Waals surface area contributed by atoms with E-state index >= 15 is 0 Å². The minimum atomic E-state index is -1.22. The Balaban J connectivity index is 3.29. The summed E-state index contributed by atoms with van der Waals surface area (Å²) in [6.45, 7) is 1.85. The highest BCUT2D eigenvalue weighted by atomic mass is 16.5. The van der Waals surface area contributed by atoms with Crippen LogP contribution < -0.4 is 4.74 Å². The van der Waals surface area contributed by atoms with E-state index in [0.717, 1.165) is 6.07 Å². The maximum absolute atomic E-state index is 10.7. The van der Waals surface area contributed by atoms with Gasteiger partial charge in [0.25, 0.3) is 0 Å². The van der Waals surface area contributed by atoms with Gasteiger partial charge in [-0.2, -0.15) is 0 Å². The number of carbonyl (C=O) groups is 1. The predicted octanol–water partition coefficient (Wildman–Crippen LogP) is 1.19. The van der Waals surface area contributed by atoms with Gasteiger partial charge in [0, 0.05) is 0 Å². The Kier molecular flexibility index (Phi) is 2.81. The van der Waals surface area contributed by atoms with Gasteiger partial charge in [0.15, 0.2) is 11.5 Å². The minimum Gasteiger partial charge on any atom is -0.504 e. The molecule has 0 saturated carbocycles. The van der Waals surface area contributed by atoms with E-state index < -0.39 is 17.5 Å². The highest BCUT2D eigenvalue weighted by molar-refractivity contribution is 5.92. The molecule has 5 nitrogen and oxygen atoms in total. The second kappa shape index (κ2) is 3.87. The Bertz CT molecular complexity index is 358. The third kappa shape index (κ3) is 1.71. The molecule has 1 aromatic carbocycles. The zero-order valence-corrected chi connectivity index (χ0v) is 7.52. The van der Waals surface area contributed by atoms with Crippen LogP contribution in [-0.2, 0) is 0 Å². The molecule has 0 aliphatic heterocycles. The van der Waals surface area contributed by atoms with Gasteiger partial charge in [0.1, 0.15) is 5.56 Å². The molecule has 1 rings (SSSR count). The first-order valence-electron chi connectivity index (χ1n) is 3.99. The van der Waals surface area contributed by atoms with Crippen molar-refractivity contribution in [3.63, 3.8) is 0 Å². The van der Waals surface area contributed by atoms with Crippen molar-refractivity contribution in [3.05, 3.63) is 17.7 Å². The SMILES string of the molecule is CCOc1c(C(=O)O)ccc(O)c1O. The molecule has 3 N–H and O–H groups in total. The van der Waals surface area contributed by atoms with Crippen LogP contribution >= 0.6 is 0 Å². The number of phenols is 2. The zero-order valence-electron chi connectivity index (χ0n) is 7.52. The molecule has 14 heavy (non-hydrogen) atoms. The van der Waals surface area contributed by atoms with Gasteiger partial charge in [-0.05, 0) is 19.1 Å². The number of hydrogen-bond donors (Lipinski definition) is 3. The van der Waals surface area contributed by atoms with Crippen molar-refractivity contribution in [2.45, 2.75) is 6.92 Å². The molecular weight excluding hydrogens is 188 g/mol. The summed E-state index contributed by atoms with van der Waals surface area (Å²) in [6.07, 6.45) is 0. The molecular formula is C9H10O5. The van der Waals surface area contributed by atoms with Crippen molar-refractivity contribution in [1.82, 2.24) is 0 Å². The van der Waals surface area contributed by atoms with Gasteiger partial charge < -0.3 is 20.1 Å². The molecule has 0 amide bonds. The summed E-state index contributed by atoms with van der Waals surface area (Å²) >= 11 is 0. The Morgan fingerprint density at radius 2 is 2.07 bits per heavy atom. The molecule has 0 aliphatic rings. The summed E-state index contributed by atoms with van der Waals surface area (Å²) in [5.74, 6) is -2.38. The molecule has 76 valence electrons. The molecule has 0 aliphatic carbocycles. The number of aromatic carboxylic acids is 1. The molecule has 0 radical (unpaired) electrons. The third-order valence-corrected chi connectivity index (χ3v) is 1.63. The van der Waals surface area contributed by atoms with Crippen molar-refractivity contribution in [2.75, 3.05) is 6.61 Å². The highest BCUT2D eigenvalue weighted by Gasteiger charge is 2.17. The summed E-state index contributed by atoms with van der Waals surface area (Å²) in [5.41, 5.74) is -0.179. The van der Waals surface area contributed by atoms with E-state index in [0.29, 0.717) is 0 Å². The number of phenolic OH excluding ortho intramolecular Hbond substituents is 2. The number of carboxylic acids is 1.